The Morgan fingerprint density at radius 1 is 0.295 bits per heavy atom. The Bertz CT molecular complexity index is 1690. The van der Waals surface area contributed by atoms with Gasteiger partial charge in [-0.1, -0.05) is 154 Å². The van der Waals surface area contributed by atoms with E-state index in [0.717, 1.165) is 0 Å². The van der Waals surface area contributed by atoms with E-state index in [1.165, 1.54) is 267 Å². The van der Waals surface area contributed by atoms with Crippen LogP contribution in [0.15, 0.2) is 73.6 Å². The van der Waals surface area contributed by atoms with Crippen LogP contribution in [0.4, 0.5) is 39.5 Å². The minimum Gasteiger partial charge on any atom is -0.542 e. The molecule has 6 bridgehead atoms. The lowest BCUT2D eigenvalue weighted by molar-refractivity contribution is -0.697. The third-order valence-corrected chi connectivity index (χ3v) is 13.6. The second-order valence-electron chi connectivity index (χ2n) is 20.6. The maximum absolute atomic E-state index is 10.5. The van der Waals surface area contributed by atoms with Gasteiger partial charge in [0.1, 0.15) is 37.5 Å². The zero-order valence-corrected chi connectivity index (χ0v) is 46.2. The minimum absolute atomic E-state index is 1.18. The summed E-state index contributed by atoms with van der Waals surface area (Å²) >= 11 is 0. The molecule has 4 rings (SSSR count). The van der Waals surface area contributed by atoms with Crippen molar-refractivity contribution in [3.05, 3.63) is 90.3 Å². The number of carbonyl (C=O) groups excluding carboxylic acids is 3. The Morgan fingerprint density at radius 3 is 0.615 bits per heavy atom. The first-order valence-corrected chi connectivity index (χ1v) is 29.0. The smallest absolute Gasteiger partial charge is 0.430 e. The maximum Gasteiger partial charge on any atom is 0.430 e. The number of carboxylic acids is 3. The predicted molar refractivity (Wildman–Crippen MR) is 277 cm³/mol. The molecule has 0 aromatic carbocycles. The summed E-state index contributed by atoms with van der Waals surface area (Å²) in [6.07, 6.45) is 48.5. The Hall–Kier alpha value is -4.77. The second-order valence-corrected chi connectivity index (χ2v) is 20.6. The third-order valence-electron chi connectivity index (χ3n) is 13.6. The molecule has 0 unspecified atom stereocenters. The van der Waals surface area contributed by atoms with Gasteiger partial charge < -0.3 is 29.7 Å². The fourth-order valence-corrected chi connectivity index (χ4v) is 9.23. The first kappa shape index (κ1) is 71.2. The van der Waals surface area contributed by atoms with Crippen molar-refractivity contribution < 1.29 is 82.9 Å². The maximum atomic E-state index is 10.5. The van der Waals surface area contributed by atoms with E-state index in [2.05, 4.69) is 87.3 Å². The molecule has 0 amide bonds. The number of hydrogen-bond donors (Lipinski definition) is 0. The molecule has 1 aliphatic heterocycles. The summed E-state index contributed by atoms with van der Waals surface area (Å²) in [6.45, 7) is 3.55. The van der Waals surface area contributed by atoms with Crippen LogP contribution in [0.1, 0.15) is 229 Å². The number of rotatable bonds is 0. The van der Waals surface area contributed by atoms with Crippen LogP contribution < -0.4 is 29.0 Å². The summed E-state index contributed by atoms with van der Waals surface area (Å²) in [5.74, 6) is -9.02. The first-order valence-electron chi connectivity index (χ1n) is 29.0. The van der Waals surface area contributed by atoms with Crippen LogP contribution in [0.5, 0.6) is 0 Å². The van der Waals surface area contributed by atoms with E-state index in [4.69, 9.17) is 29.7 Å². The molecule has 0 atom stereocenters. The van der Waals surface area contributed by atoms with Crippen molar-refractivity contribution in [1.29, 1.82) is 0 Å². The number of fused-ring (bicyclic) bond motifs is 6. The molecule has 1 aliphatic rings. The number of carbonyl (C=O) groups is 3. The molecule has 0 fully saturated rings. The van der Waals surface area contributed by atoms with Gasteiger partial charge in [-0.05, 0) is 76.0 Å². The molecule has 444 valence electrons. The van der Waals surface area contributed by atoms with Crippen LogP contribution in [0.3, 0.4) is 0 Å². The average Bonchev–Trinajstić information content (AvgIpc) is 3.38. The molecule has 0 saturated carbocycles. The fourth-order valence-electron chi connectivity index (χ4n) is 9.23. The zero-order chi connectivity index (χ0) is 57.8. The van der Waals surface area contributed by atoms with Crippen LogP contribution in [-0.2, 0) is 53.3 Å². The van der Waals surface area contributed by atoms with Crippen LogP contribution in [-0.4, -0.2) is 36.4 Å². The lowest BCUT2D eigenvalue weighted by Gasteiger charge is -2.05. The molecule has 0 N–H and O–H groups in total. The monoisotopic (exact) mass is 1120 g/mol. The lowest BCUT2D eigenvalue weighted by Crippen LogP contribution is -2.37. The van der Waals surface area contributed by atoms with Crippen molar-refractivity contribution in [2.45, 2.75) is 269 Å². The Labute approximate surface area is 459 Å². The molecule has 0 spiro atoms. The van der Waals surface area contributed by atoms with Crippen molar-refractivity contribution in [1.82, 2.24) is 0 Å². The number of aryl methyl sites for hydroxylation is 6. The van der Waals surface area contributed by atoms with Crippen LogP contribution in [0.2, 0.25) is 0 Å². The van der Waals surface area contributed by atoms with E-state index in [9.17, 15) is 39.5 Å². The van der Waals surface area contributed by atoms with Gasteiger partial charge in [0.2, 0.25) is 0 Å². The van der Waals surface area contributed by atoms with Gasteiger partial charge in [-0.3, -0.25) is 0 Å². The fraction of sp³-hybridized carbons (Fsp3) is 0.700. The van der Waals surface area contributed by atoms with E-state index < -0.39 is 36.4 Å². The summed E-state index contributed by atoms with van der Waals surface area (Å²) in [7, 11) is 0. The van der Waals surface area contributed by atoms with Crippen LogP contribution in [0.25, 0.3) is 0 Å². The molecule has 9 nitrogen and oxygen atoms in total. The minimum atomic E-state index is -5.19. The second kappa shape index (κ2) is 44.0. The van der Waals surface area contributed by atoms with E-state index in [1.54, 1.807) is 0 Å². The summed E-state index contributed by atoms with van der Waals surface area (Å²) in [6, 6.07) is 13.9. The standard InChI is InChI=1S/C54H90N3.3C2HF3O2/c1-4-10-16-22-28-37-52-40-34-47-56(49-52)44-32-26-20-14-8-3-6-12-18-24-30-39-54-42-36-48-57(51-54)45-33-27-21-15-9-2-5-11-17-23-29-38-53-41-35-46-55(50-53)43-31-25-19-13-7-1;3*3-2(4,5)1(6)7/h34-36,40-42,46-51H,1-33,37-39,43-45H2;3*(H,6,7)/q+3;;;/p-3. The van der Waals surface area contributed by atoms with Gasteiger partial charge in [0.25, 0.3) is 0 Å². The predicted octanol–water partition coefficient (Wildman–Crippen LogP) is 12.4. The number of aromatic nitrogens is 3. The summed E-state index contributed by atoms with van der Waals surface area (Å²) in [5, 5.41) is 26.4. The summed E-state index contributed by atoms with van der Waals surface area (Å²) < 4.78 is 102. The van der Waals surface area contributed by atoms with Crippen LogP contribution in [0, 0.1) is 0 Å². The van der Waals surface area contributed by atoms with Gasteiger partial charge in [0, 0.05) is 54.2 Å². The molecule has 3 aromatic rings. The quantitative estimate of drug-likeness (QED) is 0.163. The number of hydrogen-bond acceptors (Lipinski definition) is 6. The number of halogens is 9. The van der Waals surface area contributed by atoms with Crippen molar-refractivity contribution in [3.8, 4) is 0 Å². The Morgan fingerprint density at radius 2 is 0.449 bits per heavy atom. The highest BCUT2D eigenvalue weighted by molar-refractivity contribution is 5.71. The van der Waals surface area contributed by atoms with Crippen molar-refractivity contribution >= 4 is 17.9 Å². The molecular weight excluding hydrogens is 1030 g/mol. The number of nitrogens with zero attached hydrogens (tertiary/aromatic N) is 3. The van der Waals surface area contributed by atoms with E-state index in [1.807, 2.05) is 0 Å². The highest BCUT2D eigenvalue weighted by Gasteiger charge is 2.30. The van der Waals surface area contributed by atoms with E-state index >= 15 is 0 Å². The highest BCUT2D eigenvalue weighted by Crippen LogP contribution is 2.18. The van der Waals surface area contributed by atoms with E-state index in [-0.39, 0.29) is 0 Å². The Balaban J connectivity index is 0.00000121. The highest BCUT2D eigenvalue weighted by atomic mass is 19.4. The number of alkyl halides is 9. The van der Waals surface area contributed by atoms with Crippen molar-refractivity contribution in [2.75, 3.05) is 0 Å². The zero-order valence-electron chi connectivity index (χ0n) is 46.2. The average molecular weight is 1120 g/mol. The van der Waals surface area contributed by atoms with Gasteiger partial charge in [-0.25, -0.2) is 13.7 Å². The van der Waals surface area contributed by atoms with Crippen molar-refractivity contribution in [2.24, 2.45) is 0 Å². The van der Waals surface area contributed by atoms with Gasteiger partial charge in [0.15, 0.2) is 37.2 Å². The molecular formula is C60H90F9N3O6. The van der Waals surface area contributed by atoms with Gasteiger partial charge in [0.05, 0.1) is 0 Å². The van der Waals surface area contributed by atoms with E-state index in [0.29, 0.717) is 0 Å². The number of pyridine rings is 3. The number of aliphatic carboxylic acids is 3. The Kier molecular flexibility index (Phi) is 40.2. The van der Waals surface area contributed by atoms with Crippen LogP contribution >= 0.6 is 0 Å². The number of carboxylic acid groups (broad SMARTS) is 3. The largest absolute Gasteiger partial charge is 0.542 e. The molecule has 78 heavy (non-hydrogen) atoms. The lowest BCUT2D eigenvalue weighted by atomic mass is 10.0. The normalized spacial score (nSPS) is 17.7. The molecule has 18 heteroatoms. The van der Waals surface area contributed by atoms with Crippen molar-refractivity contribution in [3.63, 3.8) is 0 Å². The van der Waals surface area contributed by atoms with Gasteiger partial charge >= 0.3 is 18.5 Å². The van der Waals surface area contributed by atoms with Gasteiger partial charge in [-0.2, -0.15) is 39.5 Å². The molecule has 0 radical (unpaired) electrons. The molecule has 0 saturated heterocycles. The summed E-state index contributed by atoms with van der Waals surface area (Å²) in [4.78, 5) is 26.4. The summed E-state index contributed by atoms with van der Waals surface area (Å²) in [5.41, 5.74) is 4.60. The van der Waals surface area contributed by atoms with Gasteiger partial charge in [-0.15, -0.1) is 0 Å². The third kappa shape index (κ3) is 42.2. The molecule has 4 heterocycles. The molecule has 3 aromatic heterocycles. The topological polar surface area (TPSA) is 132 Å². The SMILES string of the molecule is O=C([O-])C(F)(F)F.O=C([O-])C(F)(F)F.O=C([O-])C(F)(F)F.c1cc2c[n+](c1)CCCCCCCCCCCCCc1ccc[n+](c1)CCCCCCCCCCCCCc1ccc[n+](c1)CCCCCCCCCCCCC2. The molecule has 0 aliphatic carbocycles. The first-order chi connectivity index (χ1) is 37.2.